The van der Waals surface area contributed by atoms with Gasteiger partial charge < -0.3 is 14.5 Å². The van der Waals surface area contributed by atoms with Crippen LogP contribution in [0.5, 0.6) is 0 Å². The standard InChI is InChI=1S/C26H37N3O2S.C21H29N3S/c1-17-8-10-21(29(16-17)24(30)31-25(2,3)4)18-9-11-22-20(14-18)27-23(32-22)19-12-13-28(7)26(5,6)15-19;1-14-5-7-17(22-13-14)15-6-8-19-18(11-15)23-20(25-19)16-9-10-24(4)21(2,3)12-16/h9-11,14,17,19H,8,12-13,15-16H2,1-7H3;6,8,11,14,16H,5,7,9-10,12-13H2,1-4H3/t17-,19?;14-,16?/m00/s1. The number of thiazole rings is 2. The molecule has 0 bridgehead atoms. The Balaban J connectivity index is 0.000000179. The average molecular weight is 811 g/mol. The molecule has 2 aromatic carbocycles. The van der Waals surface area contributed by atoms with Gasteiger partial charge in [-0.1, -0.05) is 32.1 Å². The number of allylic oxidation sites excluding steroid dienone is 1. The zero-order chi connectivity index (χ0) is 40.9. The second-order valence-corrected chi connectivity index (χ2v) is 21.9. The molecule has 10 heteroatoms. The maximum Gasteiger partial charge on any atom is 0.414 e. The van der Waals surface area contributed by atoms with Crippen LogP contribution < -0.4 is 0 Å². The van der Waals surface area contributed by atoms with Crippen molar-refractivity contribution in [3.05, 3.63) is 63.6 Å². The molecule has 0 N–H and O–H groups in total. The van der Waals surface area contributed by atoms with Crippen LogP contribution in [0.2, 0.25) is 0 Å². The van der Waals surface area contributed by atoms with Crippen molar-refractivity contribution in [1.82, 2.24) is 24.7 Å². The van der Waals surface area contributed by atoms with Crippen LogP contribution in [0.1, 0.15) is 140 Å². The number of carbonyl (C=O) groups excluding carboxylic acids is 1. The van der Waals surface area contributed by atoms with Gasteiger partial charge in [-0.2, -0.15) is 0 Å². The molecule has 1 amide bonds. The van der Waals surface area contributed by atoms with E-state index >= 15 is 0 Å². The van der Waals surface area contributed by atoms with Crippen molar-refractivity contribution in [3.8, 4) is 0 Å². The van der Waals surface area contributed by atoms with Crippen molar-refractivity contribution in [2.45, 2.75) is 136 Å². The van der Waals surface area contributed by atoms with Crippen molar-refractivity contribution in [1.29, 1.82) is 0 Å². The number of rotatable bonds is 4. The fraction of sp³-hybridized carbons (Fsp3) is 0.617. The van der Waals surface area contributed by atoms with Crippen molar-refractivity contribution < 1.29 is 9.53 Å². The van der Waals surface area contributed by atoms with E-state index in [9.17, 15) is 4.79 Å². The number of likely N-dealkylation sites (tertiary alicyclic amines) is 2. The maximum absolute atomic E-state index is 12.9. The van der Waals surface area contributed by atoms with E-state index in [1.165, 1.54) is 50.0 Å². The van der Waals surface area contributed by atoms with E-state index in [4.69, 9.17) is 19.7 Å². The van der Waals surface area contributed by atoms with Crippen LogP contribution in [0, 0.1) is 11.8 Å². The summed E-state index contributed by atoms with van der Waals surface area (Å²) in [5.41, 5.74) is 6.67. The first-order valence-electron chi connectivity index (χ1n) is 21.3. The van der Waals surface area contributed by atoms with Gasteiger partial charge in [0, 0.05) is 47.3 Å². The second kappa shape index (κ2) is 16.5. The van der Waals surface area contributed by atoms with Crippen LogP contribution in [0.3, 0.4) is 0 Å². The smallest absolute Gasteiger partial charge is 0.414 e. The Kier molecular flexibility index (Phi) is 12.1. The number of amides is 1. The van der Waals surface area contributed by atoms with Gasteiger partial charge in [-0.15, -0.1) is 22.7 Å². The quantitative estimate of drug-likeness (QED) is 0.204. The Hall–Kier alpha value is -3.18. The molecule has 4 aromatic rings. The molecular weight excluding hydrogens is 745 g/mol. The van der Waals surface area contributed by atoms with Crippen molar-refractivity contribution in [2.24, 2.45) is 16.8 Å². The molecule has 0 radical (unpaired) electrons. The van der Waals surface area contributed by atoms with Crippen LogP contribution in [-0.2, 0) is 4.74 Å². The normalized spacial score (nSPS) is 25.8. The molecule has 2 fully saturated rings. The highest BCUT2D eigenvalue weighted by molar-refractivity contribution is 7.19. The maximum atomic E-state index is 12.9. The van der Waals surface area contributed by atoms with Crippen LogP contribution >= 0.6 is 22.7 Å². The minimum absolute atomic E-state index is 0.198. The second-order valence-electron chi connectivity index (χ2n) is 19.8. The summed E-state index contributed by atoms with van der Waals surface area (Å²) in [4.78, 5) is 34.6. The lowest BCUT2D eigenvalue weighted by atomic mass is 9.83. The number of nitrogens with zero attached hydrogens (tertiary/aromatic N) is 6. The highest BCUT2D eigenvalue weighted by Gasteiger charge is 2.36. The predicted molar refractivity (Wildman–Crippen MR) is 241 cm³/mol. The van der Waals surface area contributed by atoms with E-state index in [0.29, 0.717) is 24.3 Å². The number of aromatic nitrogens is 2. The van der Waals surface area contributed by atoms with E-state index in [0.717, 1.165) is 73.5 Å². The summed E-state index contributed by atoms with van der Waals surface area (Å²) in [6, 6.07) is 13.2. The van der Waals surface area contributed by atoms with Gasteiger partial charge in [0.05, 0.1) is 36.1 Å². The van der Waals surface area contributed by atoms with Crippen LogP contribution in [0.15, 0.2) is 47.5 Å². The van der Waals surface area contributed by atoms with E-state index in [-0.39, 0.29) is 17.2 Å². The van der Waals surface area contributed by atoms with E-state index in [1.54, 1.807) is 4.90 Å². The topological polar surface area (TPSA) is 74.2 Å². The first-order valence-corrected chi connectivity index (χ1v) is 23.0. The van der Waals surface area contributed by atoms with Crippen LogP contribution in [0.25, 0.3) is 26.1 Å². The molecule has 308 valence electrons. The average Bonchev–Trinajstić information content (AvgIpc) is 3.78. The number of carbonyl (C=O) groups is 1. The molecule has 8 rings (SSSR count). The lowest BCUT2D eigenvalue weighted by Gasteiger charge is -2.43. The summed E-state index contributed by atoms with van der Waals surface area (Å²) in [5, 5.41) is 2.57. The molecule has 0 saturated carbocycles. The third-order valence-electron chi connectivity index (χ3n) is 12.9. The number of aliphatic imine (C=N–C) groups is 1. The van der Waals surface area contributed by atoms with Gasteiger partial charge in [-0.3, -0.25) is 9.89 Å². The Morgan fingerprint density at radius 1 is 0.789 bits per heavy atom. The molecule has 6 heterocycles. The number of ether oxygens (including phenoxy) is 1. The molecule has 57 heavy (non-hydrogen) atoms. The molecule has 8 nitrogen and oxygen atoms in total. The fourth-order valence-electron chi connectivity index (χ4n) is 8.75. The molecule has 2 unspecified atom stereocenters. The largest absolute Gasteiger partial charge is 0.443 e. The van der Waals surface area contributed by atoms with Crippen LogP contribution in [-0.4, -0.2) is 93.4 Å². The van der Waals surface area contributed by atoms with Crippen molar-refractivity contribution >= 4 is 60.6 Å². The number of fused-ring (bicyclic) bond motifs is 2. The Morgan fingerprint density at radius 2 is 1.33 bits per heavy atom. The van der Waals surface area contributed by atoms with Gasteiger partial charge in [0.2, 0.25) is 0 Å². The van der Waals surface area contributed by atoms with Gasteiger partial charge >= 0.3 is 6.09 Å². The molecule has 0 aliphatic carbocycles. The summed E-state index contributed by atoms with van der Waals surface area (Å²) < 4.78 is 8.24. The Morgan fingerprint density at radius 3 is 1.84 bits per heavy atom. The minimum Gasteiger partial charge on any atom is -0.443 e. The first-order chi connectivity index (χ1) is 26.8. The zero-order valence-corrected chi connectivity index (χ0v) is 38.1. The predicted octanol–water partition coefficient (Wildman–Crippen LogP) is 11.6. The molecule has 4 aliphatic heterocycles. The van der Waals surface area contributed by atoms with Gasteiger partial charge in [-0.05, 0) is 162 Å². The van der Waals surface area contributed by atoms with Gasteiger partial charge in [0.15, 0.2) is 0 Å². The summed E-state index contributed by atoms with van der Waals surface area (Å²) in [6.07, 6.45) is 9.91. The summed E-state index contributed by atoms with van der Waals surface area (Å²) >= 11 is 3.71. The fourth-order valence-corrected chi connectivity index (χ4v) is 10.9. The summed E-state index contributed by atoms with van der Waals surface area (Å²) in [7, 11) is 4.46. The molecule has 2 saturated heterocycles. The lowest BCUT2D eigenvalue weighted by Crippen LogP contribution is -2.46. The molecule has 0 spiro atoms. The van der Waals surface area contributed by atoms with E-state index in [2.05, 4.69) is 108 Å². The summed E-state index contributed by atoms with van der Waals surface area (Å²) in [6.45, 7) is 23.5. The molecular formula is C47H66N6O2S2. The van der Waals surface area contributed by atoms with Gasteiger partial charge in [0.25, 0.3) is 0 Å². The highest BCUT2D eigenvalue weighted by Crippen LogP contribution is 2.42. The Bertz CT molecular complexity index is 2140. The van der Waals surface area contributed by atoms with E-state index in [1.807, 2.05) is 43.4 Å². The van der Waals surface area contributed by atoms with Gasteiger partial charge in [0.1, 0.15) is 5.60 Å². The third-order valence-corrected chi connectivity index (χ3v) is 15.3. The zero-order valence-electron chi connectivity index (χ0n) is 36.4. The lowest BCUT2D eigenvalue weighted by molar-refractivity contribution is 0.0327. The number of hydrogen-bond acceptors (Lipinski definition) is 9. The SMILES string of the molecule is C[C@H]1CC=C(c2ccc3sc(C4CCN(C)C(C)(C)C4)nc3c2)N(C(=O)OC(C)(C)C)C1.C[C@H]1CCC(c2ccc3sc(C4CCN(C)C(C)(C)C4)nc3c2)=NC1. The minimum atomic E-state index is -0.515. The van der Waals surface area contributed by atoms with Crippen LogP contribution in [0.4, 0.5) is 4.79 Å². The van der Waals surface area contributed by atoms with Gasteiger partial charge in [-0.25, -0.2) is 14.8 Å². The van der Waals surface area contributed by atoms with E-state index < -0.39 is 5.60 Å². The first kappa shape index (κ1) is 42.0. The molecule has 4 aliphatic rings. The number of piperidine rings is 2. The number of hydrogen-bond donors (Lipinski definition) is 0. The Labute approximate surface area is 349 Å². The number of benzene rings is 2. The molecule has 2 aromatic heterocycles. The molecule has 4 atom stereocenters. The van der Waals surface area contributed by atoms with Crippen molar-refractivity contribution in [2.75, 3.05) is 40.3 Å². The highest BCUT2D eigenvalue weighted by atomic mass is 32.1. The third kappa shape index (κ3) is 9.66. The van der Waals surface area contributed by atoms with Crippen molar-refractivity contribution in [3.63, 3.8) is 0 Å². The summed E-state index contributed by atoms with van der Waals surface area (Å²) in [5.74, 6) is 2.25. The monoisotopic (exact) mass is 810 g/mol.